The predicted molar refractivity (Wildman–Crippen MR) is 126 cm³/mol. The second-order valence-corrected chi connectivity index (χ2v) is 8.05. The summed E-state index contributed by atoms with van der Waals surface area (Å²) >= 11 is 7.13. The van der Waals surface area contributed by atoms with Gasteiger partial charge in [-0.3, -0.25) is 9.59 Å². The fourth-order valence-corrected chi connectivity index (χ4v) is 3.65. The van der Waals surface area contributed by atoms with Gasteiger partial charge in [0.25, 0.3) is 11.1 Å². The van der Waals surface area contributed by atoms with E-state index in [0.717, 1.165) is 0 Å². The number of methoxy groups -OCH3 is 1. The maximum absolute atomic E-state index is 12.4. The quantitative estimate of drug-likeness (QED) is 0.350. The van der Waals surface area contributed by atoms with Crippen molar-refractivity contribution in [2.45, 2.75) is 5.22 Å². The number of carbonyl (C=O) groups excluding carboxylic acids is 2. The molecule has 1 heterocycles. The summed E-state index contributed by atoms with van der Waals surface area (Å²) in [5.74, 6) is 0.368. The van der Waals surface area contributed by atoms with Gasteiger partial charge in [0.05, 0.1) is 12.9 Å². The SMILES string of the molecule is COc1ccc(NC(=O)c2ccc(NC(=O)CSc3nc4cc(Cl)ccc4o3)cc2)cc1. The smallest absolute Gasteiger partial charge is 0.257 e. The number of nitrogens with zero attached hydrogens (tertiary/aromatic N) is 1. The van der Waals surface area contributed by atoms with Crippen LogP contribution in [0, 0.1) is 0 Å². The molecule has 0 radical (unpaired) electrons. The van der Waals surface area contributed by atoms with Crippen molar-refractivity contribution >= 4 is 57.7 Å². The number of nitrogens with one attached hydrogen (secondary N) is 2. The van der Waals surface area contributed by atoms with Crippen LogP contribution in [0.25, 0.3) is 11.1 Å². The molecule has 0 fully saturated rings. The number of amides is 2. The number of carbonyl (C=O) groups is 2. The molecule has 0 saturated carbocycles. The van der Waals surface area contributed by atoms with Crippen molar-refractivity contribution in [1.29, 1.82) is 0 Å². The lowest BCUT2D eigenvalue weighted by Gasteiger charge is -2.08. The van der Waals surface area contributed by atoms with Gasteiger partial charge in [0, 0.05) is 22.0 Å². The van der Waals surface area contributed by atoms with Gasteiger partial charge in [-0.15, -0.1) is 0 Å². The van der Waals surface area contributed by atoms with E-state index >= 15 is 0 Å². The molecule has 0 saturated heterocycles. The van der Waals surface area contributed by atoms with E-state index in [0.29, 0.717) is 44.0 Å². The van der Waals surface area contributed by atoms with E-state index in [-0.39, 0.29) is 17.6 Å². The highest BCUT2D eigenvalue weighted by Gasteiger charge is 2.11. The first-order valence-corrected chi connectivity index (χ1v) is 10.9. The number of hydrogen-bond acceptors (Lipinski definition) is 6. The number of benzene rings is 3. The highest BCUT2D eigenvalue weighted by molar-refractivity contribution is 7.99. The fraction of sp³-hybridized carbons (Fsp3) is 0.0870. The van der Waals surface area contributed by atoms with Crippen LogP contribution in [0.15, 0.2) is 76.4 Å². The number of oxazole rings is 1. The summed E-state index contributed by atoms with van der Waals surface area (Å²) in [6.45, 7) is 0. The Labute approximate surface area is 193 Å². The molecule has 0 atom stereocenters. The molecule has 32 heavy (non-hydrogen) atoms. The predicted octanol–water partition coefficient (Wildman–Crippen LogP) is 5.47. The van der Waals surface area contributed by atoms with Crippen molar-refractivity contribution in [2.75, 3.05) is 23.5 Å². The zero-order valence-corrected chi connectivity index (χ0v) is 18.5. The van der Waals surface area contributed by atoms with Crippen LogP contribution >= 0.6 is 23.4 Å². The first-order chi connectivity index (χ1) is 15.5. The van der Waals surface area contributed by atoms with E-state index in [2.05, 4.69) is 15.6 Å². The molecule has 9 heteroatoms. The summed E-state index contributed by atoms with van der Waals surface area (Å²) in [5.41, 5.74) is 2.97. The van der Waals surface area contributed by atoms with Gasteiger partial charge < -0.3 is 19.8 Å². The van der Waals surface area contributed by atoms with Crippen LogP contribution in [0.5, 0.6) is 5.75 Å². The highest BCUT2D eigenvalue weighted by Crippen LogP contribution is 2.25. The molecule has 4 rings (SSSR count). The summed E-state index contributed by atoms with van der Waals surface area (Å²) in [7, 11) is 1.58. The Morgan fingerprint density at radius 2 is 1.69 bits per heavy atom. The van der Waals surface area contributed by atoms with Gasteiger partial charge in [-0.25, -0.2) is 4.98 Å². The molecule has 0 spiro atoms. The first kappa shape index (κ1) is 21.7. The average Bonchev–Trinajstić information content (AvgIpc) is 3.20. The Hall–Kier alpha value is -3.49. The molecule has 0 bridgehead atoms. The van der Waals surface area contributed by atoms with Crippen molar-refractivity contribution in [3.05, 3.63) is 77.3 Å². The van der Waals surface area contributed by atoms with Crippen molar-refractivity contribution in [1.82, 2.24) is 4.98 Å². The van der Waals surface area contributed by atoms with Crippen LogP contribution in [0.1, 0.15) is 10.4 Å². The molecule has 0 aliphatic carbocycles. The third kappa shape index (κ3) is 5.40. The largest absolute Gasteiger partial charge is 0.497 e. The van der Waals surface area contributed by atoms with Crippen LogP contribution in [0.4, 0.5) is 11.4 Å². The standard InChI is InChI=1S/C23H18ClN3O4S/c1-30-18-9-7-17(8-10-18)26-22(29)14-2-5-16(6-3-14)25-21(28)13-32-23-27-19-12-15(24)4-11-20(19)31-23/h2-12H,13H2,1H3,(H,25,28)(H,26,29). The average molecular weight is 468 g/mol. The third-order valence-corrected chi connectivity index (χ3v) is 5.50. The van der Waals surface area contributed by atoms with Crippen molar-refractivity contribution in [3.63, 3.8) is 0 Å². The van der Waals surface area contributed by atoms with Crippen LogP contribution in [-0.2, 0) is 4.79 Å². The molecule has 0 aliphatic heterocycles. The Morgan fingerprint density at radius 3 is 2.41 bits per heavy atom. The Morgan fingerprint density at radius 1 is 1.00 bits per heavy atom. The molecule has 0 aliphatic rings. The van der Waals surface area contributed by atoms with Gasteiger partial charge in [-0.1, -0.05) is 23.4 Å². The van der Waals surface area contributed by atoms with Gasteiger partial charge in [0.15, 0.2) is 5.58 Å². The Bertz CT molecular complexity index is 1260. The maximum atomic E-state index is 12.4. The Kier molecular flexibility index (Phi) is 6.63. The van der Waals surface area contributed by atoms with E-state index in [1.54, 1.807) is 73.8 Å². The molecule has 4 aromatic rings. The minimum atomic E-state index is -0.250. The zero-order valence-electron chi connectivity index (χ0n) is 16.9. The van der Waals surface area contributed by atoms with Gasteiger partial charge in [0.1, 0.15) is 11.3 Å². The number of hydrogen-bond donors (Lipinski definition) is 2. The lowest BCUT2D eigenvalue weighted by atomic mass is 10.2. The fourth-order valence-electron chi connectivity index (χ4n) is 2.85. The topological polar surface area (TPSA) is 93.5 Å². The lowest BCUT2D eigenvalue weighted by Crippen LogP contribution is -2.15. The Balaban J connectivity index is 1.30. The van der Waals surface area contributed by atoms with Gasteiger partial charge in [0.2, 0.25) is 5.91 Å². The van der Waals surface area contributed by atoms with E-state index in [4.69, 9.17) is 20.8 Å². The zero-order chi connectivity index (χ0) is 22.5. The summed E-state index contributed by atoms with van der Waals surface area (Å²) in [6.07, 6.45) is 0. The summed E-state index contributed by atoms with van der Waals surface area (Å²) in [4.78, 5) is 29.0. The molecular formula is C23H18ClN3O4S. The molecule has 7 nitrogen and oxygen atoms in total. The number of fused-ring (bicyclic) bond motifs is 1. The number of ether oxygens (including phenoxy) is 1. The molecule has 2 N–H and O–H groups in total. The lowest BCUT2D eigenvalue weighted by molar-refractivity contribution is -0.113. The second-order valence-electron chi connectivity index (χ2n) is 6.69. The van der Waals surface area contributed by atoms with Crippen LogP contribution in [0.3, 0.4) is 0 Å². The van der Waals surface area contributed by atoms with E-state index in [1.807, 2.05) is 0 Å². The molecular weight excluding hydrogens is 450 g/mol. The normalized spacial score (nSPS) is 10.7. The number of anilines is 2. The van der Waals surface area contributed by atoms with Gasteiger partial charge in [-0.05, 0) is 66.7 Å². The molecule has 162 valence electrons. The van der Waals surface area contributed by atoms with Crippen molar-refractivity contribution in [2.24, 2.45) is 0 Å². The van der Waals surface area contributed by atoms with Crippen LogP contribution in [-0.4, -0.2) is 29.7 Å². The third-order valence-electron chi connectivity index (χ3n) is 4.44. The van der Waals surface area contributed by atoms with Crippen LogP contribution in [0.2, 0.25) is 5.02 Å². The van der Waals surface area contributed by atoms with E-state index in [9.17, 15) is 9.59 Å². The highest BCUT2D eigenvalue weighted by atomic mass is 35.5. The number of halogens is 1. The molecule has 1 aromatic heterocycles. The molecule has 2 amide bonds. The maximum Gasteiger partial charge on any atom is 0.257 e. The number of rotatable bonds is 7. The van der Waals surface area contributed by atoms with Gasteiger partial charge >= 0.3 is 0 Å². The summed E-state index contributed by atoms with van der Waals surface area (Å²) in [6, 6.07) is 18.8. The minimum absolute atomic E-state index is 0.125. The monoisotopic (exact) mass is 467 g/mol. The molecule has 3 aromatic carbocycles. The van der Waals surface area contributed by atoms with Gasteiger partial charge in [-0.2, -0.15) is 0 Å². The summed E-state index contributed by atoms with van der Waals surface area (Å²) in [5, 5.41) is 6.56. The first-order valence-electron chi connectivity index (χ1n) is 9.54. The second kappa shape index (κ2) is 9.76. The number of thioether (sulfide) groups is 1. The minimum Gasteiger partial charge on any atom is -0.497 e. The molecule has 0 unspecified atom stereocenters. The van der Waals surface area contributed by atoms with Crippen molar-refractivity contribution in [3.8, 4) is 5.75 Å². The number of aromatic nitrogens is 1. The van der Waals surface area contributed by atoms with E-state index < -0.39 is 0 Å². The summed E-state index contributed by atoms with van der Waals surface area (Å²) < 4.78 is 10.7. The van der Waals surface area contributed by atoms with Crippen molar-refractivity contribution < 1.29 is 18.7 Å². The van der Waals surface area contributed by atoms with E-state index in [1.165, 1.54) is 11.8 Å². The van der Waals surface area contributed by atoms with Crippen LogP contribution < -0.4 is 15.4 Å².